The van der Waals surface area contributed by atoms with Crippen molar-refractivity contribution in [1.82, 2.24) is 9.55 Å². The standard InChI is InChI=1S/C29H28N2/c1-3-5-6-11-20-31-28-26-15-10-8-13-24(26)23-12-7-9-14-25(23)27(28)30-29(31)22-18-16-21(4-2)17-19-22/h4,7-10,12-19H,2-3,5-6,11,20H2,1H3. The Morgan fingerprint density at radius 2 is 1.42 bits per heavy atom. The predicted molar refractivity (Wildman–Crippen MR) is 134 cm³/mol. The quantitative estimate of drug-likeness (QED) is 0.197. The summed E-state index contributed by atoms with van der Waals surface area (Å²) in [6, 6.07) is 26.0. The van der Waals surface area contributed by atoms with Gasteiger partial charge in [-0.25, -0.2) is 4.98 Å². The highest BCUT2D eigenvalue weighted by molar-refractivity contribution is 6.23. The van der Waals surface area contributed by atoms with Crippen molar-refractivity contribution < 1.29 is 0 Å². The zero-order valence-electron chi connectivity index (χ0n) is 18.1. The largest absolute Gasteiger partial charge is 0.323 e. The van der Waals surface area contributed by atoms with E-state index in [1.807, 2.05) is 6.08 Å². The molecule has 0 aliphatic heterocycles. The molecule has 0 spiro atoms. The number of fused-ring (bicyclic) bond motifs is 6. The summed E-state index contributed by atoms with van der Waals surface area (Å²) in [6.45, 7) is 7.14. The Labute approximate surface area is 183 Å². The van der Waals surface area contributed by atoms with E-state index in [1.54, 1.807) is 0 Å². The van der Waals surface area contributed by atoms with Gasteiger partial charge in [0.25, 0.3) is 0 Å². The van der Waals surface area contributed by atoms with Crippen LogP contribution in [0.1, 0.15) is 38.2 Å². The van der Waals surface area contributed by atoms with Crippen LogP contribution in [0, 0.1) is 0 Å². The van der Waals surface area contributed by atoms with Crippen molar-refractivity contribution in [2.45, 2.75) is 39.2 Å². The lowest BCUT2D eigenvalue weighted by Gasteiger charge is -2.12. The number of benzene rings is 4. The van der Waals surface area contributed by atoms with Crippen LogP contribution >= 0.6 is 0 Å². The van der Waals surface area contributed by atoms with Crippen molar-refractivity contribution in [3.63, 3.8) is 0 Å². The third kappa shape index (κ3) is 3.42. The molecule has 154 valence electrons. The van der Waals surface area contributed by atoms with Gasteiger partial charge < -0.3 is 4.57 Å². The van der Waals surface area contributed by atoms with Crippen molar-refractivity contribution in [3.05, 3.63) is 84.9 Å². The van der Waals surface area contributed by atoms with Crippen LogP contribution in [0.4, 0.5) is 0 Å². The van der Waals surface area contributed by atoms with Gasteiger partial charge in [-0.15, -0.1) is 0 Å². The highest BCUT2D eigenvalue weighted by atomic mass is 15.1. The van der Waals surface area contributed by atoms with Gasteiger partial charge in [0, 0.05) is 22.9 Å². The third-order valence-electron chi connectivity index (χ3n) is 6.26. The lowest BCUT2D eigenvalue weighted by Crippen LogP contribution is -2.01. The van der Waals surface area contributed by atoms with E-state index in [0.717, 1.165) is 35.4 Å². The van der Waals surface area contributed by atoms with E-state index < -0.39 is 0 Å². The molecular weight excluding hydrogens is 376 g/mol. The normalized spacial score (nSPS) is 11.5. The first-order chi connectivity index (χ1) is 15.3. The number of unbranched alkanes of at least 4 members (excludes halogenated alkanes) is 3. The highest BCUT2D eigenvalue weighted by Crippen LogP contribution is 2.37. The average Bonchev–Trinajstić information content (AvgIpc) is 3.22. The number of aryl methyl sites for hydroxylation is 1. The molecule has 1 aromatic heterocycles. The molecule has 2 nitrogen and oxygen atoms in total. The maximum absolute atomic E-state index is 5.25. The fourth-order valence-corrected chi connectivity index (χ4v) is 4.67. The van der Waals surface area contributed by atoms with Crippen molar-refractivity contribution >= 4 is 38.7 Å². The second-order valence-electron chi connectivity index (χ2n) is 8.26. The molecule has 0 bridgehead atoms. The molecule has 0 aliphatic rings. The monoisotopic (exact) mass is 404 g/mol. The molecule has 0 N–H and O–H groups in total. The molecule has 31 heavy (non-hydrogen) atoms. The number of nitrogens with zero attached hydrogens (tertiary/aromatic N) is 2. The predicted octanol–water partition coefficient (Wildman–Crippen LogP) is 8.23. The number of imidazole rings is 1. The van der Waals surface area contributed by atoms with E-state index in [-0.39, 0.29) is 0 Å². The first-order valence-electron chi connectivity index (χ1n) is 11.3. The van der Waals surface area contributed by atoms with Crippen LogP contribution in [0.2, 0.25) is 0 Å². The summed E-state index contributed by atoms with van der Waals surface area (Å²) in [4.78, 5) is 5.25. The van der Waals surface area contributed by atoms with Gasteiger partial charge in [0.05, 0.1) is 11.0 Å². The summed E-state index contributed by atoms with van der Waals surface area (Å²) in [7, 11) is 0. The summed E-state index contributed by atoms with van der Waals surface area (Å²) in [5.74, 6) is 1.06. The maximum atomic E-state index is 5.25. The number of aromatic nitrogens is 2. The Bertz CT molecular complexity index is 1370. The van der Waals surface area contributed by atoms with Gasteiger partial charge in [-0.3, -0.25) is 0 Å². The SMILES string of the molecule is C=Cc1ccc(-c2nc3c4ccccc4c4ccccc4c3n2CCCCCC)cc1. The lowest BCUT2D eigenvalue weighted by molar-refractivity contribution is 0.595. The topological polar surface area (TPSA) is 17.8 Å². The molecule has 0 radical (unpaired) electrons. The molecule has 0 unspecified atom stereocenters. The first-order valence-corrected chi connectivity index (χ1v) is 11.3. The number of hydrogen-bond donors (Lipinski definition) is 0. The molecule has 0 amide bonds. The summed E-state index contributed by atoms with van der Waals surface area (Å²) < 4.78 is 2.46. The van der Waals surface area contributed by atoms with E-state index >= 15 is 0 Å². The third-order valence-corrected chi connectivity index (χ3v) is 6.26. The number of hydrogen-bond acceptors (Lipinski definition) is 1. The minimum atomic E-state index is 0.984. The van der Waals surface area contributed by atoms with Gasteiger partial charge in [-0.1, -0.05) is 112 Å². The van der Waals surface area contributed by atoms with Crippen LogP contribution < -0.4 is 0 Å². The summed E-state index contributed by atoms with van der Waals surface area (Å²) in [5.41, 5.74) is 4.65. The van der Waals surface area contributed by atoms with Gasteiger partial charge in [-0.2, -0.15) is 0 Å². The molecule has 0 aliphatic carbocycles. The summed E-state index contributed by atoms with van der Waals surface area (Å²) in [5, 5.41) is 5.09. The fourth-order valence-electron chi connectivity index (χ4n) is 4.67. The van der Waals surface area contributed by atoms with Gasteiger partial charge in [0.15, 0.2) is 0 Å². The van der Waals surface area contributed by atoms with Gasteiger partial charge >= 0.3 is 0 Å². The van der Waals surface area contributed by atoms with Gasteiger partial charge in [0.2, 0.25) is 0 Å². The zero-order valence-corrected chi connectivity index (χ0v) is 18.1. The Kier molecular flexibility index (Phi) is 5.30. The molecular formula is C29H28N2. The van der Waals surface area contributed by atoms with Crippen LogP contribution in [0.5, 0.6) is 0 Å². The second kappa shape index (κ2) is 8.39. The van der Waals surface area contributed by atoms with Crippen LogP contribution in [0.15, 0.2) is 79.4 Å². The highest BCUT2D eigenvalue weighted by Gasteiger charge is 2.18. The van der Waals surface area contributed by atoms with E-state index in [1.165, 1.54) is 46.3 Å². The van der Waals surface area contributed by atoms with Crippen LogP contribution in [0.25, 0.3) is 50.0 Å². The van der Waals surface area contributed by atoms with Crippen molar-refractivity contribution in [2.75, 3.05) is 0 Å². The summed E-state index contributed by atoms with van der Waals surface area (Å²) in [6.07, 6.45) is 6.82. The summed E-state index contributed by atoms with van der Waals surface area (Å²) >= 11 is 0. The Morgan fingerprint density at radius 1 is 0.774 bits per heavy atom. The van der Waals surface area contributed by atoms with Crippen LogP contribution in [-0.4, -0.2) is 9.55 Å². The molecule has 1 heterocycles. The van der Waals surface area contributed by atoms with Gasteiger partial charge in [-0.05, 0) is 22.8 Å². The molecule has 5 rings (SSSR count). The smallest absolute Gasteiger partial charge is 0.141 e. The second-order valence-corrected chi connectivity index (χ2v) is 8.26. The lowest BCUT2D eigenvalue weighted by atomic mass is 10.00. The molecule has 0 saturated heterocycles. The molecule has 5 aromatic rings. The molecule has 0 atom stereocenters. The van der Waals surface area contributed by atoms with Gasteiger partial charge in [0.1, 0.15) is 5.82 Å². The Morgan fingerprint density at radius 3 is 2.10 bits per heavy atom. The molecule has 0 fully saturated rings. The van der Waals surface area contributed by atoms with E-state index in [0.29, 0.717) is 0 Å². The first kappa shape index (κ1) is 19.6. The fraction of sp³-hybridized carbons (Fsp3) is 0.207. The molecule has 2 heteroatoms. The number of rotatable bonds is 7. The maximum Gasteiger partial charge on any atom is 0.141 e. The van der Waals surface area contributed by atoms with Crippen molar-refractivity contribution in [2.24, 2.45) is 0 Å². The van der Waals surface area contributed by atoms with E-state index in [2.05, 4.69) is 90.9 Å². The minimum absolute atomic E-state index is 0.984. The van der Waals surface area contributed by atoms with Crippen LogP contribution in [-0.2, 0) is 6.54 Å². The zero-order chi connectivity index (χ0) is 21.2. The van der Waals surface area contributed by atoms with E-state index in [9.17, 15) is 0 Å². The van der Waals surface area contributed by atoms with Crippen molar-refractivity contribution in [3.8, 4) is 11.4 Å². The van der Waals surface area contributed by atoms with Crippen LogP contribution in [0.3, 0.4) is 0 Å². The van der Waals surface area contributed by atoms with Crippen molar-refractivity contribution in [1.29, 1.82) is 0 Å². The Balaban J connectivity index is 1.82. The Hall–Kier alpha value is -3.39. The minimum Gasteiger partial charge on any atom is -0.323 e. The average molecular weight is 405 g/mol. The van der Waals surface area contributed by atoms with E-state index in [4.69, 9.17) is 4.98 Å². The molecule has 4 aromatic carbocycles. The molecule has 0 saturated carbocycles.